The smallest absolute Gasteiger partial charge is 0.414 e. The van der Waals surface area contributed by atoms with Crippen molar-refractivity contribution in [3.63, 3.8) is 0 Å². The first kappa shape index (κ1) is 23.2. The van der Waals surface area contributed by atoms with Gasteiger partial charge in [0.1, 0.15) is 17.4 Å². The van der Waals surface area contributed by atoms with Gasteiger partial charge in [-0.05, 0) is 49.8 Å². The maximum absolute atomic E-state index is 9.10. The summed E-state index contributed by atoms with van der Waals surface area (Å²) < 4.78 is 7.89. The number of hydrogen-bond donors (Lipinski definition) is 2. The van der Waals surface area contributed by atoms with Crippen LogP contribution in [0.25, 0.3) is 29.0 Å². The lowest BCUT2D eigenvalue weighted by atomic mass is 10.2. The fraction of sp³-hybridized carbons (Fsp3) is 0.120. The van der Waals surface area contributed by atoms with E-state index in [9.17, 15) is 0 Å². The van der Waals surface area contributed by atoms with Crippen LogP contribution in [0.5, 0.6) is 5.75 Å². The van der Waals surface area contributed by atoms with Gasteiger partial charge >= 0.3 is 11.9 Å². The van der Waals surface area contributed by atoms with Gasteiger partial charge in [-0.1, -0.05) is 42.5 Å². The van der Waals surface area contributed by atoms with Crippen molar-refractivity contribution in [2.45, 2.75) is 20.0 Å². The maximum atomic E-state index is 9.10. The SMILES string of the molecule is CC(C)Oc1ccc2c(c1)nc(C=Cc1ccccc1)n2-c1ccccn1.O=C(O)C(=O)O. The molecule has 33 heavy (non-hydrogen) atoms. The van der Waals surface area contributed by atoms with Gasteiger partial charge < -0.3 is 14.9 Å². The molecule has 0 saturated carbocycles. The Hall–Kier alpha value is -4.46. The number of benzene rings is 2. The fourth-order valence-electron chi connectivity index (χ4n) is 3.00. The molecule has 0 aliphatic heterocycles. The van der Waals surface area contributed by atoms with Crippen LogP contribution in [0.4, 0.5) is 0 Å². The predicted octanol–water partition coefficient (Wildman–Crippen LogP) is 4.53. The van der Waals surface area contributed by atoms with Crippen molar-refractivity contribution >= 4 is 35.1 Å². The third-order valence-electron chi connectivity index (χ3n) is 4.31. The molecule has 2 aromatic heterocycles. The van der Waals surface area contributed by atoms with E-state index in [0.717, 1.165) is 34.0 Å². The zero-order chi connectivity index (χ0) is 23.8. The Morgan fingerprint density at radius 3 is 2.24 bits per heavy atom. The highest BCUT2D eigenvalue weighted by Gasteiger charge is 2.12. The molecule has 0 fully saturated rings. The first-order valence-electron chi connectivity index (χ1n) is 10.1. The highest BCUT2D eigenvalue weighted by molar-refractivity contribution is 6.27. The van der Waals surface area contributed by atoms with Gasteiger partial charge in [-0.3, -0.25) is 4.57 Å². The van der Waals surface area contributed by atoms with Crippen molar-refractivity contribution in [3.8, 4) is 11.6 Å². The van der Waals surface area contributed by atoms with Crippen molar-refractivity contribution in [1.29, 1.82) is 0 Å². The van der Waals surface area contributed by atoms with Crippen molar-refractivity contribution in [2.75, 3.05) is 0 Å². The summed E-state index contributed by atoms with van der Waals surface area (Å²) in [6.45, 7) is 4.04. The fourth-order valence-corrected chi connectivity index (χ4v) is 3.00. The van der Waals surface area contributed by atoms with Crippen LogP contribution in [0.2, 0.25) is 0 Å². The van der Waals surface area contributed by atoms with Gasteiger partial charge in [-0.25, -0.2) is 19.6 Å². The summed E-state index contributed by atoms with van der Waals surface area (Å²) in [6.07, 6.45) is 6.00. The van der Waals surface area contributed by atoms with E-state index < -0.39 is 11.9 Å². The lowest BCUT2D eigenvalue weighted by Crippen LogP contribution is -2.09. The largest absolute Gasteiger partial charge is 0.491 e. The van der Waals surface area contributed by atoms with Crippen LogP contribution in [0.15, 0.2) is 72.9 Å². The third-order valence-corrected chi connectivity index (χ3v) is 4.31. The van der Waals surface area contributed by atoms with Crippen LogP contribution in [0.1, 0.15) is 25.2 Å². The zero-order valence-electron chi connectivity index (χ0n) is 18.1. The van der Waals surface area contributed by atoms with Crippen molar-refractivity contribution in [2.24, 2.45) is 0 Å². The number of carboxylic acids is 2. The summed E-state index contributed by atoms with van der Waals surface area (Å²) in [5.74, 6) is -1.16. The van der Waals surface area contributed by atoms with Gasteiger partial charge in [0.25, 0.3) is 0 Å². The monoisotopic (exact) mass is 445 g/mol. The van der Waals surface area contributed by atoms with E-state index >= 15 is 0 Å². The summed E-state index contributed by atoms with van der Waals surface area (Å²) in [6, 6.07) is 22.1. The van der Waals surface area contributed by atoms with E-state index in [1.54, 1.807) is 6.20 Å². The molecule has 0 bridgehead atoms. The second-order valence-electron chi connectivity index (χ2n) is 7.16. The number of carbonyl (C=O) groups is 2. The zero-order valence-corrected chi connectivity index (χ0v) is 18.1. The Bertz CT molecular complexity index is 1250. The minimum absolute atomic E-state index is 0.123. The minimum Gasteiger partial charge on any atom is -0.491 e. The Morgan fingerprint density at radius 2 is 1.64 bits per heavy atom. The number of hydrogen-bond acceptors (Lipinski definition) is 5. The molecular formula is C25H23N3O5. The number of pyridine rings is 1. The van der Waals surface area contributed by atoms with Gasteiger partial charge in [-0.15, -0.1) is 0 Å². The molecule has 0 saturated heterocycles. The Labute approximate surface area is 190 Å². The van der Waals surface area contributed by atoms with Crippen LogP contribution >= 0.6 is 0 Å². The molecule has 0 radical (unpaired) electrons. The molecule has 0 spiro atoms. The number of aliphatic carboxylic acids is 2. The Kier molecular flexibility index (Phi) is 7.54. The molecule has 8 nitrogen and oxygen atoms in total. The van der Waals surface area contributed by atoms with Crippen molar-refractivity contribution in [3.05, 3.63) is 84.3 Å². The molecule has 168 valence electrons. The van der Waals surface area contributed by atoms with E-state index in [-0.39, 0.29) is 6.10 Å². The molecule has 8 heteroatoms. The molecular weight excluding hydrogens is 422 g/mol. The van der Waals surface area contributed by atoms with Crippen molar-refractivity contribution in [1.82, 2.24) is 14.5 Å². The summed E-state index contributed by atoms with van der Waals surface area (Å²) in [4.78, 5) is 27.5. The van der Waals surface area contributed by atoms with Crippen LogP contribution in [0, 0.1) is 0 Å². The number of aromatic nitrogens is 3. The quantitative estimate of drug-likeness (QED) is 0.434. The maximum Gasteiger partial charge on any atom is 0.414 e. The molecule has 0 atom stereocenters. The normalized spacial score (nSPS) is 10.8. The molecule has 4 rings (SSSR count). The molecule has 0 amide bonds. The standard InChI is InChI=1S/C23H21N3O.C2H2O4/c1-17(2)27-19-12-13-21-20(16-19)25-23(14-11-18-8-4-3-5-9-18)26(21)22-10-6-7-15-24-22;3-1(4)2(5)6/h3-17H,1-2H3;(H,3,4)(H,5,6). The van der Waals surface area contributed by atoms with E-state index in [0.29, 0.717) is 0 Å². The van der Waals surface area contributed by atoms with Crippen LogP contribution in [0.3, 0.4) is 0 Å². The highest BCUT2D eigenvalue weighted by atomic mass is 16.5. The summed E-state index contributed by atoms with van der Waals surface area (Å²) in [7, 11) is 0. The lowest BCUT2D eigenvalue weighted by Gasteiger charge is -2.09. The summed E-state index contributed by atoms with van der Waals surface area (Å²) >= 11 is 0. The molecule has 2 heterocycles. The number of carboxylic acid groups (broad SMARTS) is 2. The number of imidazole rings is 1. The average Bonchev–Trinajstić information content (AvgIpc) is 3.16. The number of rotatable bonds is 5. The van der Waals surface area contributed by atoms with Gasteiger partial charge in [-0.2, -0.15) is 0 Å². The number of fused-ring (bicyclic) bond motifs is 1. The molecule has 0 aliphatic rings. The molecule has 0 aliphatic carbocycles. The molecule has 2 aromatic carbocycles. The van der Waals surface area contributed by atoms with Gasteiger partial charge in [0.05, 0.1) is 17.1 Å². The average molecular weight is 445 g/mol. The van der Waals surface area contributed by atoms with E-state index in [1.165, 1.54) is 0 Å². The predicted molar refractivity (Wildman–Crippen MR) is 125 cm³/mol. The second-order valence-corrected chi connectivity index (χ2v) is 7.16. The summed E-state index contributed by atoms with van der Waals surface area (Å²) in [5, 5.41) is 14.8. The molecule has 2 N–H and O–H groups in total. The van der Waals surface area contributed by atoms with Crippen molar-refractivity contribution < 1.29 is 24.5 Å². The summed E-state index contributed by atoms with van der Waals surface area (Å²) in [5.41, 5.74) is 3.00. The van der Waals surface area contributed by atoms with Gasteiger partial charge in [0.2, 0.25) is 0 Å². The molecule has 4 aromatic rings. The first-order chi connectivity index (χ1) is 15.8. The topological polar surface area (TPSA) is 115 Å². The minimum atomic E-state index is -1.82. The number of nitrogens with zero attached hydrogens (tertiary/aromatic N) is 3. The van der Waals surface area contributed by atoms with E-state index in [4.69, 9.17) is 29.5 Å². The lowest BCUT2D eigenvalue weighted by molar-refractivity contribution is -0.159. The Morgan fingerprint density at radius 1 is 0.939 bits per heavy atom. The third kappa shape index (κ3) is 6.27. The second kappa shape index (κ2) is 10.7. The van der Waals surface area contributed by atoms with Crippen LogP contribution in [-0.2, 0) is 9.59 Å². The van der Waals surface area contributed by atoms with Crippen LogP contribution in [-0.4, -0.2) is 42.8 Å². The number of ether oxygens (including phenoxy) is 1. The van der Waals surface area contributed by atoms with Gasteiger partial charge in [0, 0.05) is 12.3 Å². The highest BCUT2D eigenvalue weighted by Crippen LogP contribution is 2.26. The van der Waals surface area contributed by atoms with E-state index in [1.807, 2.05) is 74.5 Å². The van der Waals surface area contributed by atoms with E-state index in [2.05, 4.69) is 27.8 Å². The molecule has 0 unspecified atom stereocenters. The first-order valence-corrected chi connectivity index (χ1v) is 10.1. The Balaban J connectivity index is 0.000000454. The van der Waals surface area contributed by atoms with Crippen LogP contribution < -0.4 is 4.74 Å². The van der Waals surface area contributed by atoms with Gasteiger partial charge in [0.15, 0.2) is 0 Å².